The second-order valence-electron chi connectivity index (χ2n) is 7.10. The van der Waals surface area contributed by atoms with Crippen LogP contribution in [-0.4, -0.2) is 22.9 Å². The third-order valence-electron chi connectivity index (χ3n) is 5.16. The molecule has 6 nitrogen and oxygen atoms in total. The lowest BCUT2D eigenvalue weighted by molar-refractivity contribution is -0.117. The molecule has 1 aliphatic heterocycles. The minimum atomic E-state index is -0.217. The normalized spacial score (nSPS) is 13.3. The van der Waals surface area contributed by atoms with E-state index in [-0.39, 0.29) is 18.6 Å². The molecule has 150 valence electrons. The predicted molar refractivity (Wildman–Crippen MR) is 112 cm³/mol. The highest BCUT2D eigenvalue weighted by molar-refractivity contribution is 5.99. The van der Waals surface area contributed by atoms with E-state index in [4.69, 9.17) is 9.47 Å². The Balaban J connectivity index is 1.67. The quantitative estimate of drug-likeness (QED) is 0.601. The van der Waals surface area contributed by atoms with E-state index in [9.17, 15) is 4.79 Å². The molecule has 1 amide bonds. The number of H-pyrrole nitrogens is 1. The maximum absolute atomic E-state index is 13.2. The summed E-state index contributed by atoms with van der Waals surface area (Å²) in [7, 11) is 0. The first-order valence-electron chi connectivity index (χ1n) is 10.0. The molecule has 2 N–H and O–H groups in total. The highest BCUT2D eigenvalue weighted by atomic mass is 16.7. The van der Waals surface area contributed by atoms with Gasteiger partial charge < -0.3 is 14.8 Å². The third kappa shape index (κ3) is 3.83. The largest absolute Gasteiger partial charge is 0.454 e. The fraction of sp³-hybridized carbons (Fsp3) is 0.304. The molecule has 3 aromatic rings. The minimum Gasteiger partial charge on any atom is -0.454 e. The van der Waals surface area contributed by atoms with Crippen molar-refractivity contribution < 1.29 is 14.3 Å². The summed E-state index contributed by atoms with van der Waals surface area (Å²) in [5, 5.41) is 10.8. The van der Waals surface area contributed by atoms with E-state index < -0.39 is 0 Å². The number of aromatic amines is 1. The summed E-state index contributed by atoms with van der Waals surface area (Å²) in [6.07, 6.45) is 2.47. The van der Waals surface area contributed by atoms with Gasteiger partial charge in [0.15, 0.2) is 11.5 Å². The van der Waals surface area contributed by atoms with Crippen molar-refractivity contribution in [2.24, 2.45) is 0 Å². The van der Waals surface area contributed by atoms with E-state index in [1.807, 2.05) is 55.5 Å². The number of nitrogens with zero attached hydrogens (tertiary/aromatic N) is 1. The predicted octanol–water partition coefficient (Wildman–Crippen LogP) is 4.89. The SMILES string of the molecule is CCCc1[nH]nc(-c2ccc3c(c2)OCO3)c1NC(=O)[C@@H](CC)c1ccccc1. The first-order chi connectivity index (χ1) is 14.2. The van der Waals surface area contributed by atoms with Crippen LogP contribution in [-0.2, 0) is 11.2 Å². The number of aryl methyl sites for hydroxylation is 1. The molecule has 1 atom stereocenters. The van der Waals surface area contributed by atoms with E-state index in [0.29, 0.717) is 11.4 Å². The number of fused-ring (bicyclic) bond motifs is 1. The van der Waals surface area contributed by atoms with Gasteiger partial charge in [0.25, 0.3) is 0 Å². The van der Waals surface area contributed by atoms with Crippen LogP contribution in [0.4, 0.5) is 5.69 Å². The van der Waals surface area contributed by atoms with Crippen LogP contribution >= 0.6 is 0 Å². The maximum atomic E-state index is 13.2. The summed E-state index contributed by atoms with van der Waals surface area (Å²) < 4.78 is 10.9. The van der Waals surface area contributed by atoms with Gasteiger partial charge in [-0.25, -0.2) is 0 Å². The standard InChI is InChI=1S/C23H25N3O3/c1-3-8-18-22(24-23(27)17(4-2)15-9-6-5-7-10-15)21(26-25-18)16-11-12-19-20(13-16)29-14-28-19/h5-7,9-13,17H,3-4,8,14H2,1-2H3,(H,24,27)(H,25,26)/t17-/m0/s1. The van der Waals surface area contributed by atoms with Gasteiger partial charge in [-0.3, -0.25) is 9.89 Å². The van der Waals surface area contributed by atoms with E-state index in [0.717, 1.165) is 47.5 Å². The molecule has 0 saturated heterocycles. The number of ether oxygens (including phenoxy) is 2. The summed E-state index contributed by atoms with van der Waals surface area (Å²) in [4.78, 5) is 13.2. The van der Waals surface area contributed by atoms with Crippen molar-refractivity contribution in [3.8, 4) is 22.8 Å². The summed E-state index contributed by atoms with van der Waals surface area (Å²) in [5.74, 6) is 1.17. The molecule has 6 heteroatoms. The molecule has 0 saturated carbocycles. The van der Waals surface area contributed by atoms with Crippen LogP contribution in [0.25, 0.3) is 11.3 Å². The number of aromatic nitrogens is 2. The van der Waals surface area contributed by atoms with Crippen LogP contribution in [0.3, 0.4) is 0 Å². The summed E-state index contributed by atoms with van der Waals surface area (Å²) in [6, 6.07) is 15.6. The number of carbonyl (C=O) groups excluding carboxylic acids is 1. The van der Waals surface area contributed by atoms with Crippen molar-refractivity contribution in [1.29, 1.82) is 0 Å². The number of hydrogen-bond donors (Lipinski definition) is 2. The second-order valence-corrected chi connectivity index (χ2v) is 7.10. The molecule has 0 spiro atoms. The minimum absolute atomic E-state index is 0.0283. The van der Waals surface area contributed by atoms with Gasteiger partial charge in [-0.1, -0.05) is 50.6 Å². The molecule has 29 heavy (non-hydrogen) atoms. The molecule has 4 rings (SSSR count). The molecule has 0 unspecified atom stereocenters. The van der Waals surface area contributed by atoms with E-state index in [1.54, 1.807) is 0 Å². The molecule has 0 radical (unpaired) electrons. The first kappa shape index (κ1) is 19.1. The molecule has 2 aromatic carbocycles. The van der Waals surface area contributed by atoms with Gasteiger partial charge in [-0.05, 0) is 36.6 Å². The monoisotopic (exact) mass is 391 g/mol. The second kappa shape index (κ2) is 8.39. The van der Waals surface area contributed by atoms with Gasteiger partial charge in [-0.2, -0.15) is 5.10 Å². The van der Waals surface area contributed by atoms with Crippen LogP contribution in [0, 0.1) is 0 Å². The van der Waals surface area contributed by atoms with Crippen LogP contribution in [0.5, 0.6) is 11.5 Å². The number of anilines is 1. The summed E-state index contributed by atoms with van der Waals surface area (Å²) >= 11 is 0. The zero-order chi connectivity index (χ0) is 20.2. The Morgan fingerprint density at radius 2 is 1.93 bits per heavy atom. The van der Waals surface area contributed by atoms with Gasteiger partial charge >= 0.3 is 0 Å². The topological polar surface area (TPSA) is 76.2 Å². The van der Waals surface area contributed by atoms with E-state index in [2.05, 4.69) is 22.4 Å². The number of carbonyl (C=O) groups is 1. The number of hydrogen-bond acceptors (Lipinski definition) is 4. The number of nitrogens with one attached hydrogen (secondary N) is 2. The van der Waals surface area contributed by atoms with Gasteiger partial charge in [-0.15, -0.1) is 0 Å². The lowest BCUT2D eigenvalue weighted by Crippen LogP contribution is -2.21. The first-order valence-corrected chi connectivity index (χ1v) is 10.0. The molecule has 0 fully saturated rings. The Morgan fingerprint density at radius 1 is 1.14 bits per heavy atom. The van der Waals surface area contributed by atoms with Crippen molar-refractivity contribution in [2.75, 3.05) is 12.1 Å². The Bertz CT molecular complexity index is 998. The maximum Gasteiger partial charge on any atom is 0.232 e. The molecule has 0 bridgehead atoms. The summed E-state index contributed by atoms with van der Waals surface area (Å²) in [5.41, 5.74) is 4.26. The van der Waals surface area contributed by atoms with Gasteiger partial charge in [0.1, 0.15) is 5.69 Å². The van der Waals surface area contributed by atoms with Crippen molar-refractivity contribution in [3.63, 3.8) is 0 Å². The van der Waals surface area contributed by atoms with Gasteiger partial charge in [0, 0.05) is 5.56 Å². The zero-order valence-electron chi connectivity index (χ0n) is 16.7. The average Bonchev–Trinajstić information content (AvgIpc) is 3.36. The van der Waals surface area contributed by atoms with Crippen molar-refractivity contribution >= 4 is 11.6 Å². The number of amides is 1. The Kier molecular flexibility index (Phi) is 5.51. The number of benzene rings is 2. The Labute approximate surface area is 170 Å². The smallest absolute Gasteiger partial charge is 0.232 e. The Hall–Kier alpha value is -3.28. The molecule has 2 heterocycles. The van der Waals surface area contributed by atoms with Crippen LogP contribution in [0.15, 0.2) is 48.5 Å². The van der Waals surface area contributed by atoms with Crippen LogP contribution < -0.4 is 14.8 Å². The highest BCUT2D eigenvalue weighted by Gasteiger charge is 2.24. The highest BCUT2D eigenvalue weighted by Crippen LogP contribution is 2.38. The third-order valence-corrected chi connectivity index (χ3v) is 5.16. The summed E-state index contributed by atoms with van der Waals surface area (Å²) in [6.45, 7) is 4.35. The van der Waals surface area contributed by atoms with Crippen molar-refractivity contribution in [3.05, 3.63) is 59.8 Å². The fourth-order valence-electron chi connectivity index (χ4n) is 3.66. The lowest BCUT2D eigenvalue weighted by atomic mass is 9.95. The number of rotatable bonds is 7. The zero-order valence-corrected chi connectivity index (χ0v) is 16.7. The molecule has 0 aliphatic carbocycles. The van der Waals surface area contributed by atoms with Crippen molar-refractivity contribution in [2.45, 2.75) is 39.0 Å². The van der Waals surface area contributed by atoms with E-state index >= 15 is 0 Å². The average molecular weight is 391 g/mol. The van der Waals surface area contributed by atoms with Crippen LogP contribution in [0.1, 0.15) is 43.9 Å². The molecule has 1 aromatic heterocycles. The fourth-order valence-corrected chi connectivity index (χ4v) is 3.66. The van der Waals surface area contributed by atoms with Crippen LogP contribution in [0.2, 0.25) is 0 Å². The molecular weight excluding hydrogens is 366 g/mol. The van der Waals surface area contributed by atoms with E-state index in [1.165, 1.54) is 0 Å². The van der Waals surface area contributed by atoms with Gasteiger partial charge in [0.2, 0.25) is 12.7 Å². The van der Waals surface area contributed by atoms with Crippen molar-refractivity contribution in [1.82, 2.24) is 10.2 Å². The lowest BCUT2D eigenvalue weighted by Gasteiger charge is -2.16. The Morgan fingerprint density at radius 3 is 2.69 bits per heavy atom. The van der Waals surface area contributed by atoms with Gasteiger partial charge in [0.05, 0.1) is 17.3 Å². The molecular formula is C23H25N3O3. The molecule has 1 aliphatic rings.